The number of anilines is 1. The van der Waals surface area contributed by atoms with Gasteiger partial charge in [-0.25, -0.2) is 18.4 Å². The van der Waals surface area contributed by atoms with Crippen molar-refractivity contribution in [1.82, 2.24) is 18.8 Å². The van der Waals surface area contributed by atoms with Crippen LogP contribution in [0.3, 0.4) is 0 Å². The fourth-order valence-corrected chi connectivity index (χ4v) is 6.13. The molecule has 1 N–H and O–H groups in total. The highest BCUT2D eigenvalue weighted by Crippen LogP contribution is 2.30. The normalized spacial score (nSPS) is 16.4. The number of fused-ring (bicyclic) bond motifs is 1. The quantitative estimate of drug-likeness (QED) is 0.682. The maximum atomic E-state index is 12.7. The summed E-state index contributed by atoms with van der Waals surface area (Å²) in [4.78, 5) is 21.2. The van der Waals surface area contributed by atoms with Crippen LogP contribution < -0.4 is 5.32 Å². The fourth-order valence-electron chi connectivity index (χ4n) is 3.64. The van der Waals surface area contributed by atoms with Crippen molar-refractivity contribution >= 4 is 42.6 Å². The Kier molecular flexibility index (Phi) is 5.18. The smallest absolute Gasteiger partial charge is 0.262 e. The summed E-state index contributed by atoms with van der Waals surface area (Å²) < 4.78 is 29.4. The zero-order valence-corrected chi connectivity index (χ0v) is 18.2. The highest BCUT2D eigenvalue weighted by Gasteiger charge is 2.33. The lowest BCUT2D eigenvalue weighted by atomic mass is 9.97. The highest BCUT2D eigenvalue weighted by molar-refractivity contribution is 7.89. The van der Waals surface area contributed by atoms with Gasteiger partial charge in [-0.15, -0.1) is 0 Å². The Balaban J connectivity index is 1.41. The lowest BCUT2D eigenvalue weighted by Gasteiger charge is -2.29. The standard InChI is InChI=1S/C19H23N5O3S2/c1-12-8-13(2)17-15(9-12)28-19(21-17)22-18(25)14-4-6-24(7-5-14)29(26,27)16-10-23(3)11-20-16/h8-11,14H,4-7H2,1-3H3,(H,21,22,25). The molecular formula is C19H23N5O3S2. The Hall–Kier alpha value is -2.30. The molecule has 0 radical (unpaired) electrons. The second-order valence-electron chi connectivity index (χ2n) is 7.49. The first kappa shape index (κ1) is 20.0. The number of aromatic nitrogens is 3. The first-order valence-corrected chi connectivity index (χ1v) is 11.7. The van der Waals surface area contributed by atoms with Crippen LogP contribution in [0.2, 0.25) is 0 Å². The molecule has 0 unspecified atom stereocenters. The van der Waals surface area contributed by atoms with Gasteiger partial charge in [-0.2, -0.15) is 4.31 Å². The molecule has 0 atom stereocenters. The van der Waals surface area contributed by atoms with Crippen molar-refractivity contribution in [1.29, 1.82) is 0 Å². The van der Waals surface area contributed by atoms with E-state index in [0.717, 1.165) is 21.3 Å². The second-order valence-corrected chi connectivity index (χ2v) is 10.4. The van der Waals surface area contributed by atoms with Crippen LogP contribution in [-0.2, 0) is 21.9 Å². The number of carbonyl (C=O) groups is 1. The zero-order chi connectivity index (χ0) is 20.8. The molecule has 4 rings (SSSR count). The van der Waals surface area contributed by atoms with Crippen LogP contribution in [0.5, 0.6) is 0 Å². The third-order valence-corrected chi connectivity index (χ3v) is 7.87. The van der Waals surface area contributed by atoms with Crippen molar-refractivity contribution in [2.45, 2.75) is 31.7 Å². The number of amides is 1. The van der Waals surface area contributed by atoms with Crippen LogP contribution in [0, 0.1) is 19.8 Å². The Morgan fingerprint density at radius 1 is 1.24 bits per heavy atom. The molecule has 0 saturated carbocycles. The van der Waals surface area contributed by atoms with Gasteiger partial charge >= 0.3 is 0 Å². The Bertz CT molecular complexity index is 1170. The van der Waals surface area contributed by atoms with E-state index in [1.165, 1.54) is 28.2 Å². The van der Waals surface area contributed by atoms with Gasteiger partial charge in [0.2, 0.25) is 5.91 Å². The molecule has 29 heavy (non-hydrogen) atoms. The number of sulfonamides is 1. The van der Waals surface area contributed by atoms with Crippen LogP contribution >= 0.6 is 11.3 Å². The number of hydrogen-bond donors (Lipinski definition) is 1. The summed E-state index contributed by atoms with van der Waals surface area (Å²) >= 11 is 1.46. The number of piperidine rings is 1. The molecule has 0 bridgehead atoms. The van der Waals surface area contributed by atoms with E-state index in [2.05, 4.69) is 27.4 Å². The van der Waals surface area contributed by atoms with Crippen molar-refractivity contribution in [3.8, 4) is 0 Å². The Morgan fingerprint density at radius 3 is 2.62 bits per heavy atom. The monoisotopic (exact) mass is 433 g/mol. The summed E-state index contributed by atoms with van der Waals surface area (Å²) in [6, 6.07) is 4.14. The maximum absolute atomic E-state index is 12.7. The minimum absolute atomic E-state index is 0.0445. The molecule has 10 heteroatoms. The van der Waals surface area contributed by atoms with Crippen molar-refractivity contribution in [3.05, 3.63) is 35.8 Å². The summed E-state index contributed by atoms with van der Waals surface area (Å²) in [5.74, 6) is -0.339. The SMILES string of the molecule is Cc1cc(C)c2nc(NC(=O)C3CCN(S(=O)(=O)c4cn(C)cn4)CC3)sc2c1. The van der Waals surface area contributed by atoms with Gasteiger partial charge in [0.15, 0.2) is 10.2 Å². The van der Waals surface area contributed by atoms with Gasteiger partial charge in [-0.3, -0.25) is 4.79 Å². The average Bonchev–Trinajstić information content (AvgIpc) is 3.28. The van der Waals surface area contributed by atoms with Crippen molar-refractivity contribution in [2.75, 3.05) is 18.4 Å². The molecule has 3 heterocycles. The minimum Gasteiger partial charge on any atom is -0.339 e. The molecule has 8 nitrogen and oxygen atoms in total. The van der Waals surface area contributed by atoms with Gasteiger partial charge in [-0.1, -0.05) is 17.4 Å². The van der Waals surface area contributed by atoms with Crippen LogP contribution in [-0.4, -0.2) is 46.3 Å². The maximum Gasteiger partial charge on any atom is 0.262 e. The number of aryl methyl sites for hydroxylation is 3. The number of benzene rings is 1. The van der Waals surface area contributed by atoms with Crippen molar-refractivity contribution in [2.24, 2.45) is 13.0 Å². The fraction of sp³-hybridized carbons (Fsp3) is 0.421. The van der Waals surface area contributed by atoms with Gasteiger partial charge in [0.05, 0.1) is 16.5 Å². The van der Waals surface area contributed by atoms with Crippen molar-refractivity contribution in [3.63, 3.8) is 0 Å². The number of nitrogens with zero attached hydrogens (tertiary/aromatic N) is 4. The van der Waals surface area contributed by atoms with E-state index in [4.69, 9.17) is 0 Å². The third kappa shape index (κ3) is 3.92. The van der Waals surface area contributed by atoms with E-state index in [1.54, 1.807) is 11.6 Å². The van der Waals surface area contributed by atoms with Crippen LogP contribution in [0.15, 0.2) is 29.7 Å². The van der Waals surface area contributed by atoms with Crippen LogP contribution in [0.4, 0.5) is 5.13 Å². The number of thiazole rings is 1. The predicted octanol–water partition coefficient (Wildman–Crippen LogP) is 2.69. The van der Waals surface area contributed by atoms with E-state index in [-0.39, 0.29) is 16.9 Å². The van der Waals surface area contributed by atoms with E-state index < -0.39 is 10.0 Å². The van der Waals surface area contributed by atoms with Gasteiger partial charge in [-0.05, 0) is 43.9 Å². The van der Waals surface area contributed by atoms with Gasteiger partial charge in [0.25, 0.3) is 10.0 Å². The summed E-state index contributed by atoms with van der Waals surface area (Å²) in [6.07, 6.45) is 3.90. The van der Waals surface area contributed by atoms with Gasteiger partial charge in [0.1, 0.15) is 0 Å². The van der Waals surface area contributed by atoms with E-state index in [1.807, 2.05) is 13.8 Å². The highest BCUT2D eigenvalue weighted by atomic mass is 32.2. The summed E-state index contributed by atoms with van der Waals surface area (Å²) in [7, 11) is -1.89. The average molecular weight is 434 g/mol. The molecule has 1 amide bonds. The predicted molar refractivity (Wildman–Crippen MR) is 112 cm³/mol. The lowest BCUT2D eigenvalue weighted by Crippen LogP contribution is -2.41. The first-order valence-electron chi connectivity index (χ1n) is 9.41. The molecule has 1 saturated heterocycles. The molecule has 1 aliphatic rings. The van der Waals surface area contributed by atoms with Crippen LogP contribution in [0.1, 0.15) is 24.0 Å². The Labute approximate surface area is 173 Å². The molecular weight excluding hydrogens is 410 g/mol. The largest absolute Gasteiger partial charge is 0.339 e. The number of hydrogen-bond acceptors (Lipinski definition) is 6. The van der Waals surface area contributed by atoms with Gasteiger partial charge in [0, 0.05) is 32.3 Å². The number of imidazole rings is 1. The van der Waals surface area contributed by atoms with Crippen LogP contribution in [0.25, 0.3) is 10.2 Å². The van der Waals surface area contributed by atoms with E-state index in [0.29, 0.717) is 31.1 Å². The molecule has 1 aliphatic heterocycles. The second kappa shape index (κ2) is 7.51. The molecule has 1 aromatic carbocycles. The Morgan fingerprint density at radius 2 is 1.97 bits per heavy atom. The molecule has 0 spiro atoms. The molecule has 0 aliphatic carbocycles. The minimum atomic E-state index is -3.62. The zero-order valence-electron chi connectivity index (χ0n) is 16.5. The molecule has 1 fully saturated rings. The summed E-state index contributed by atoms with van der Waals surface area (Å²) in [5.41, 5.74) is 3.16. The number of carbonyl (C=O) groups excluding carboxylic acids is 1. The van der Waals surface area contributed by atoms with E-state index in [9.17, 15) is 13.2 Å². The summed E-state index contributed by atoms with van der Waals surface area (Å²) in [6.45, 7) is 4.65. The third-order valence-electron chi connectivity index (χ3n) is 5.17. The summed E-state index contributed by atoms with van der Waals surface area (Å²) in [5, 5.41) is 3.55. The van der Waals surface area contributed by atoms with Crippen molar-refractivity contribution < 1.29 is 13.2 Å². The van der Waals surface area contributed by atoms with E-state index >= 15 is 0 Å². The molecule has 2 aromatic heterocycles. The molecule has 3 aromatic rings. The van der Waals surface area contributed by atoms with Gasteiger partial charge < -0.3 is 9.88 Å². The number of nitrogens with one attached hydrogen (secondary N) is 1. The lowest BCUT2D eigenvalue weighted by molar-refractivity contribution is -0.120. The topological polar surface area (TPSA) is 97.2 Å². The molecule has 154 valence electrons. The first-order chi connectivity index (χ1) is 13.7. The number of rotatable bonds is 4.